The van der Waals surface area contributed by atoms with E-state index in [0.29, 0.717) is 17.2 Å². The van der Waals surface area contributed by atoms with Gasteiger partial charge in [-0.3, -0.25) is 14.6 Å². The molecule has 2 fully saturated rings. The van der Waals surface area contributed by atoms with E-state index in [2.05, 4.69) is 25.6 Å². The highest BCUT2D eigenvalue weighted by Gasteiger charge is 2.43. The molecule has 0 aliphatic heterocycles. The number of H-pyrrole nitrogens is 1. The minimum Gasteiger partial charge on any atom is -0.338 e. The van der Waals surface area contributed by atoms with E-state index in [0.717, 1.165) is 40.4 Å². The van der Waals surface area contributed by atoms with Gasteiger partial charge in [0.25, 0.3) is 5.91 Å². The van der Waals surface area contributed by atoms with E-state index in [9.17, 15) is 9.59 Å². The van der Waals surface area contributed by atoms with Crippen LogP contribution in [0.2, 0.25) is 0 Å². The molecule has 2 heterocycles. The number of hydrogen-bond acceptors (Lipinski definition) is 4. The molecule has 2 bridgehead atoms. The monoisotopic (exact) mass is 451 g/mol. The van der Waals surface area contributed by atoms with E-state index in [1.54, 1.807) is 18.3 Å². The van der Waals surface area contributed by atoms with Crippen molar-refractivity contribution >= 4 is 34.2 Å². The Balaban J connectivity index is 1.15. The van der Waals surface area contributed by atoms with Crippen molar-refractivity contribution in [2.45, 2.75) is 25.7 Å². The zero-order chi connectivity index (χ0) is 23.1. The van der Waals surface area contributed by atoms with Gasteiger partial charge in [-0.2, -0.15) is 0 Å². The van der Waals surface area contributed by atoms with Gasteiger partial charge in [0.05, 0.1) is 16.6 Å². The van der Waals surface area contributed by atoms with Crippen molar-refractivity contribution in [3.63, 3.8) is 0 Å². The summed E-state index contributed by atoms with van der Waals surface area (Å²) in [6.45, 7) is 0. The lowest BCUT2D eigenvalue weighted by Gasteiger charge is -2.20. The molecular formula is C27H25N5O2. The van der Waals surface area contributed by atoms with E-state index >= 15 is 0 Å². The minimum atomic E-state index is -0.204. The maximum Gasteiger partial charge on any atom is 0.257 e. The molecule has 34 heavy (non-hydrogen) atoms. The number of aromatic nitrogens is 3. The second kappa shape index (κ2) is 8.41. The predicted octanol–water partition coefficient (Wildman–Crippen LogP) is 5.25. The van der Waals surface area contributed by atoms with E-state index in [1.165, 1.54) is 25.5 Å². The molecule has 3 N–H and O–H groups in total. The molecule has 6 rings (SSSR count). The predicted molar refractivity (Wildman–Crippen MR) is 131 cm³/mol. The number of carbonyl (C=O) groups is 2. The number of aromatic amines is 1. The maximum atomic E-state index is 12.8. The van der Waals surface area contributed by atoms with Crippen LogP contribution in [0, 0.1) is 17.8 Å². The first-order valence-electron chi connectivity index (χ1n) is 11.7. The lowest BCUT2D eigenvalue weighted by molar-refractivity contribution is -0.121. The molecule has 0 radical (unpaired) electrons. The van der Waals surface area contributed by atoms with Gasteiger partial charge < -0.3 is 15.6 Å². The number of nitrogens with zero attached hydrogens (tertiary/aromatic N) is 2. The van der Waals surface area contributed by atoms with Crippen molar-refractivity contribution in [1.29, 1.82) is 0 Å². The Morgan fingerprint density at radius 3 is 2.53 bits per heavy atom. The second-order valence-electron chi connectivity index (χ2n) is 9.36. The summed E-state index contributed by atoms with van der Waals surface area (Å²) in [4.78, 5) is 37.1. The van der Waals surface area contributed by atoms with Gasteiger partial charge in [-0.1, -0.05) is 6.42 Å². The largest absolute Gasteiger partial charge is 0.338 e. The second-order valence-corrected chi connectivity index (χ2v) is 9.36. The molecular weight excluding hydrogens is 426 g/mol. The number of nitrogens with one attached hydrogen (secondary N) is 3. The van der Waals surface area contributed by atoms with Crippen LogP contribution in [-0.2, 0) is 4.79 Å². The molecule has 2 aromatic carbocycles. The van der Waals surface area contributed by atoms with Crippen LogP contribution in [0.5, 0.6) is 0 Å². The molecule has 3 atom stereocenters. The molecule has 170 valence electrons. The van der Waals surface area contributed by atoms with Gasteiger partial charge >= 0.3 is 0 Å². The standard InChI is InChI=1S/C27H25N5O2/c33-26(19-2-1-11-28-15-19)29-20-7-5-17(6-8-20)25-31-23-10-9-21(14-24(23)32-25)30-27(34)22-13-16-3-4-18(22)12-16/h1-2,5-11,14-16,18,22H,3-4,12-13H2,(H,29,33)(H,30,34)(H,31,32). The Bertz CT molecular complexity index is 1360. The Kier molecular flexibility index (Phi) is 5.09. The highest BCUT2D eigenvalue weighted by molar-refractivity contribution is 6.04. The summed E-state index contributed by atoms with van der Waals surface area (Å²) in [5.74, 6) is 2.14. The molecule has 2 aromatic heterocycles. The van der Waals surface area contributed by atoms with Crippen molar-refractivity contribution in [3.05, 3.63) is 72.6 Å². The number of pyridine rings is 1. The van der Waals surface area contributed by atoms with E-state index in [1.807, 2.05) is 42.5 Å². The number of amides is 2. The van der Waals surface area contributed by atoms with E-state index in [4.69, 9.17) is 0 Å². The van der Waals surface area contributed by atoms with Crippen molar-refractivity contribution in [2.75, 3.05) is 10.6 Å². The van der Waals surface area contributed by atoms with Gasteiger partial charge in [0, 0.05) is 35.2 Å². The molecule has 2 aliphatic carbocycles. The van der Waals surface area contributed by atoms with Gasteiger partial charge in [-0.15, -0.1) is 0 Å². The van der Waals surface area contributed by atoms with Crippen molar-refractivity contribution in [3.8, 4) is 11.4 Å². The summed E-state index contributed by atoms with van der Waals surface area (Å²) in [5, 5.41) is 5.99. The lowest BCUT2D eigenvalue weighted by Crippen LogP contribution is -2.27. The van der Waals surface area contributed by atoms with Crippen LogP contribution in [-0.4, -0.2) is 26.8 Å². The number of fused-ring (bicyclic) bond motifs is 3. The summed E-state index contributed by atoms with van der Waals surface area (Å²) >= 11 is 0. The summed E-state index contributed by atoms with van der Waals surface area (Å²) < 4.78 is 0. The number of imidazole rings is 1. The highest BCUT2D eigenvalue weighted by Crippen LogP contribution is 2.48. The number of rotatable bonds is 5. The summed E-state index contributed by atoms with van der Waals surface area (Å²) in [6, 6.07) is 16.7. The van der Waals surface area contributed by atoms with E-state index in [-0.39, 0.29) is 17.7 Å². The average Bonchev–Trinajstić information content (AvgIpc) is 3.61. The van der Waals surface area contributed by atoms with Crippen molar-refractivity contribution in [1.82, 2.24) is 15.0 Å². The number of anilines is 2. The summed E-state index contributed by atoms with van der Waals surface area (Å²) in [7, 11) is 0. The lowest BCUT2D eigenvalue weighted by atomic mass is 9.88. The fourth-order valence-electron chi connectivity index (χ4n) is 5.44. The third kappa shape index (κ3) is 3.94. The molecule has 3 unspecified atom stereocenters. The zero-order valence-corrected chi connectivity index (χ0v) is 18.6. The van der Waals surface area contributed by atoms with Crippen LogP contribution in [0.15, 0.2) is 67.0 Å². The average molecular weight is 452 g/mol. The van der Waals surface area contributed by atoms with Gasteiger partial charge in [0.15, 0.2) is 0 Å². The third-order valence-electron chi connectivity index (χ3n) is 7.16. The number of benzene rings is 2. The molecule has 2 aliphatic rings. The Labute approximate surface area is 197 Å². The van der Waals surface area contributed by atoms with E-state index < -0.39 is 0 Å². The zero-order valence-electron chi connectivity index (χ0n) is 18.6. The van der Waals surface area contributed by atoms with Gasteiger partial charge in [0.2, 0.25) is 5.91 Å². The quantitative estimate of drug-likeness (QED) is 0.386. The minimum absolute atomic E-state index is 0.148. The van der Waals surface area contributed by atoms with Crippen LogP contribution in [0.4, 0.5) is 11.4 Å². The first kappa shape index (κ1) is 20.6. The Morgan fingerprint density at radius 1 is 0.941 bits per heavy atom. The summed E-state index contributed by atoms with van der Waals surface area (Å²) in [5.41, 5.74) is 4.61. The fraction of sp³-hybridized carbons (Fsp3) is 0.259. The molecule has 7 heteroatoms. The Morgan fingerprint density at radius 2 is 1.79 bits per heavy atom. The first-order chi connectivity index (χ1) is 16.6. The van der Waals surface area contributed by atoms with Gasteiger partial charge in [0.1, 0.15) is 5.82 Å². The van der Waals surface area contributed by atoms with Gasteiger partial charge in [-0.05, 0) is 85.7 Å². The number of carbonyl (C=O) groups excluding carboxylic acids is 2. The van der Waals surface area contributed by atoms with Crippen LogP contribution in [0.3, 0.4) is 0 Å². The first-order valence-corrected chi connectivity index (χ1v) is 11.7. The van der Waals surface area contributed by atoms with Crippen LogP contribution in [0.25, 0.3) is 22.4 Å². The normalized spacial score (nSPS) is 21.0. The fourth-order valence-corrected chi connectivity index (χ4v) is 5.44. The maximum absolute atomic E-state index is 12.8. The molecule has 2 amide bonds. The number of hydrogen-bond donors (Lipinski definition) is 3. The molecule has 0 saturated heterocycles. The third-order valence-corrected chi connectivity index (χ3v) is 7.16. The Hall–Kier alpha value is -4.00. The van der Waals surface area contributed by atoms with Crippen LogP contribution >= 0.6 is 0 Å². The molecule has 0 spiro atoms. The summed E-state index contributed by atoms with van der Waals surface area (Å²) in [6.07, 6.45) is 7.90. The van der Waals surface area contributed by atoms with Crippen molar-refractivity contribution < 1.29 is 9.59 Å². The van der Waals surface area contributed by atoms with Crippen molar-refractivity contribution in [2.24, 2.45) is 17.8 Å². The van der Waals surface area contributed by atoms with Gasteiger partial charge in [-0.25, -0.2) is 4.98 Å². The molecule has 7 nitrogen and oxygen atoms in total. The van der Waals surface area contributed by atoms with Crippen LogP contribution < -0.4 is 10.6 Å². The molecule has 2 saturated carbocycles. The topological polar surface area (TPSA) is 99.8 Å². The smallest absolute Gasteiger partial charge is 0.257 e. The van der Waals surface area contributed by atoms with Crippen LogP contribution in [0.1, 0.15) is 36.0 Å². The SMILES string of the molecule is O=C(Nc1ccc(-c2nc3ccc(NC(=O)C4CC5CCC4C5)cc3[nH]2)cc1)c1cccnc1. The highest BCUT2D eigenvalue weighted by atomic mass is 16.2. The molecule has 4 aromatic rings.